The molecule has 0 spiro atoms. The van der Waals surface area contributed by atoms with Crippen molar-refractivity contribution >= 4 is 22.6 Å². The molecule has 0 radical (unpaired) electrons. The highest BCUT2D eigenvalue weighted by molar-refractivity contribution is 5.92. The highest BCUT2D eigenvalue weighted by Crippen LogP contribution is 2.18. The molecule has 0 bridgehead atoms. The van der Waals surface area contributed by atoms with E-state index < -0.39 is 11.9 Å². The molecule has 4 N–H and O–H groups in total. The lowest BCUT2D eigenvalue weighted by Gasteiger charge is -2.25. The third-order valence-corrected chi connectivity index (χ3v) is 4.29. The van der Waals surface area contributed by atoms with Crippen LogP contribution in [-0.2, 0) is 16.0 Å². The van der Waals surface area contributed by atoms with Gasteiger partial charge in [-0.1, -0.05) is 48.5 Å². The Balaban J connectivity index is 2.13. The van der Waals surface area contributed by atoms with Gasteiger partial charge in [-0.25, -0.2) is 0 Å². The average Bonchev–Trinajstić information content (AvgIpc) is 2.57. The third-order valence-electron chi connectivity index (χ3n) is 4.29. The first-order valence-electron chi connectivity index (χ1n) is 8.66. The van der Waals surface area contributed by atoms with Gasteiger partial charge < -0.3 is 16.4 Å². The standard InChI is InChI=1S/C21H27N3O2/c1-21(2,23)12-6-9-19(25)24(3)18(20(22)26)14-15-10-11-16-7-4-5-8-17(16)13-15/h4-11,13,18H,12,14,23H2,1-3H3,(H2,22,26)/b9-6+/t18-/m1/s1. The van der Waals surface area contributed by atoms with E-state index in [1.807, 2.05) is 56.3 Å². The normalized spacial score (nSPS) is 13.1. The van der Waals surface area contributed by atoms with Crippen LogP contribution in [-0.4, -0.2) is 35.3 Å². The van der Waals surface area contributed by atoms with Crippen molar-refractivity contribution in [2.75, 3.05) is 7.05 Å². The van der Waals surface area contributed by atoms with Crippen LogP contribution in [0.1, 0.15) is 25.8 Å². The summed E-state index contributed by atoms with van der Waals surface area (Å²) in [6, 6.07) is 13.3. The second-order valence-corrected chi connectivity index (χ2v) is 7.35. The molecule has 0 aliphatic rings. The predicted molar refractivity (Wildman–Crippen MR) is 105 cm³/mol. The molecule has 2 amide bonds. The van der Waals surface area contributed by atoms with Crippen LogP contribution in [0.4, 0.5) is 0 Å². The zero-order chi connectivity index (χ0) is 19.3. The van der Waals surface area contributed by atoms with Gasteiger partial charge in [0.1, 0.15) is 6.04 Å². The summed E-state index contributed by atoms with van der Waals surface area (Å²) in [6.07, 6.45) is 4.12. The fourth-order valence-corrected chi connectivity index (χ4v) is 2.75. The van der Waals surface area contributed by atoms with E-state index in [0.29, 0.717) is 12.8 Å². The molecule has 5 nitrogen and oxygen atoms in total. The van der Waals surface area contributed by atoms with E-state index in [9.17, 15) is 9.59 Å². The molecule has 0 saturated carbocycles. The third kappa shape index (κ3) is 5.43. The molecule has 0 aliphatic carbocycles. The first kappa shape index (κ1) is 19.7. The molecule has 2 aromatic carbocycles. The van der Waals surface area contributed by atoms with E-state index in [1.165, 1.54) is 11.0 Å². The predicted octanol–water partition coefficient (Wildman–Crippen LogP) is 2.38. The van der Waals surface area contributed by atoms with E-state index >= 15 is 0 Å². The summed E-state index contributed by atoms with van der Waals surface area (Å²) in [4.78, 5) is 25.7. The summed E-state index contributed by atoms with van der Waals surface area (Å²) in [7, 11) is 1.59. The van der Waals surface area contributed by atoms with Crippen LogP contribution in [0.5, 0.6) is 0 Å². The maximum Gasteiger partial charge on any atom is 0.246 e. The Hall–Kier alpha value is -2.66. The lowest BCUT2D eigenvalue weighted by atomic mass is 10.00. The minimum absolute atomic E-state index is 0.265. The number of likely N-dealkylation sites (N-methyl/N-ethyl adjacent to an activating group) is 1. The van der Waals surface area contributed by atoms with Crippen molar-refractivity contribution in [3.63, 3.8) is 0 Å². The second-order valence-electron chi connectivity index (χ2n) is 7.35. The van der Waals surface area contributed by atoms with Crippen molar-refractivity contribution in [1.82, 2.24) is 4.90 Å². The zero-order valence-electron chi connectivity index (χ0n) is 15.6. The monoisotopic (exact) mass is 353 g/mol. The summed E-state index contributed by atoms with van der Waals surface area (Å²) < 4.78 is 0. The topological polar surface area (TPSA) is 89.4 Å². The van der Waals surface area contributed by atoms with Crippen molar-refractivity contribution in [2.24, 2.45) is 11.5 Å². The number of benzene rings is 2. The summed E-state index contributed by atoms with van der Waals surface area (Å²) in [5, 5.41) is 2.22. The highest BCUT2D eigenvalue weighted by Gasteiger charge is 2.24. The van der Waals surface area contributed by atoms with Crippen LogP contribution in [0.2, 0.25) is 0 Å². The molecule has 2 aromatic rings. The fourth-order valence-electron chi connectivity index (χ4n) is 2.75. The van der Waals surface area contributed by atoms with Gasteiger partial charge in [0.15, 0.2) is 0 Å². The van der Waals surface area contributed by atoms with E-state index in [-0.39, 0.29) is 11.4 Å². The lowest BCUT2D eigenvalue weighted by molar-refractivity contribution is -0.134. The molecular weight excluding hydrogens is 326 g/mol. The Morgan fingerprint density at radius 2 is 1.81 bits per heavy atom. The Bertz CT molecular complexity index is 821. The zero-order valence-corrected chi connectivity index (χ0v) is 15.6. The Morgan fingerprint density at radius 1 is 1.15 bits per heavy atom. The van der Waals surface area contributed by atoms with Crippen molar-refractivity contribution < 1.29 is 9.59 Å². The minimum Gasteiger partial charge on any atom is -0.368 e. The van der Waals surface area contributed by atoms with Gasteiger partial charge >= 0.3 is 0 Å². The van der Waals surface area contributed by atoms with Gasteiger partial charge in [0.2, 0.25) is 11.8 Å². The first-order chi connectivity index (χ1) is 12.2. The van der Waals surface area contributed by atoms with E-state index in [0.717, 1.165) is 16.3 Å². The average molecular weight is 353 g/mol. The Morgan fingerprint density at radius 3 is 2.42 bits per heavy atom. The molecule has 26 heavy (non-hydrogen) atoms. The molecule has 0 aliphatic heterocycles. The number of nitrogens with zero attached hydrogens (tertiary/aromatic N) is 1. The highest BCUT2D eigenvalue weighted by atomic mass is 16.2. The number of amides is 2. The molecule has 0 heterocycles. The van der Waals surface area contributed by atoms with Crippen LogP contribution in [0, 0.1) is 0 Å². The molecule has 2 rings (SSSR count). The van der Waals surface area contributed by atoms with Crippen molar-refractivity contribution in [3.8, 4) is 0 Å². The van der Waals surface area contributed by atoms with Gasteiger partial charge in [0.05, 0.1) is 0 Å². The summed E-state index contributed by atoms with van der Waals surface area (Å²) >= 11 is 0. The number of nitrogens with two attached hydrogens (primary N) is 2. The van der Waals surface area contributed by atoms with E-state index in [1.54, 1.807) is 13.1 Å². The first-order valence-corrected chi connectivity index (χ1v) is 8.66. The lowest BCUT2D eigenvalue weighted by Crippen LogP contribution is -2.46. The molecule has 0 aromatic heterocycles. The summed E-state index contributed by atoms with van der Waals surface area (Å²) in [5.74, 6) is -0.791. The van der Waals surface area contributed by atoms with Gasteiger partial charge in [-0.3, -0.25) is 9.59 Å². The van der Waals surface area contributed by atoms with E-state index in [2.05, 4.69) is 0 Å². The largest absolute Gasteiger partial charge is 0.368 e. The number of primary amides is 1. The van der Waals surface area contributed by atoms with Crippen LogP contribution < -0.4 is 11.5 Å². The Labute approximate surface area is 154 Å². The molecule has 1 atom stereocenters. The van der Waals surface area contributed by atoms with Crippen LogP contribution >= 0.6 is 0 Å². The maximum absolute atomic E-state index is 12.4. The van der Waals surface area contributed by atoms with Crippen LogP contribution in [0.25, 0.3) is 10.8 Å². The van der Waals surface area contributed by atoms with E-state index in [4.69, 9.17) is 11.5 Å². The van der Waals surface area contributed by atoms with Crippen molar-refractivity contribution in [2.45, 2.75) is 38.3 Å². The number of rotatable bonds is 7. The molecule has 0 fully saturated rings. The molecule has 138 valence electrons. The second kappa shape index (κ2) is 8.15. The SMILES string of the molecule is CN(C(=O)/C=C/CC(C)(C)N)[C@H](Cc1ccc2ccccc2c1)C(N)=O. The number of carbonyl (C=O) groups excluding carboxylic acids is 2. The van der Waals surface area contributed by atoms with Crippen molar-refractivity contribution in [3.05, 3.63) is 60.2 Å². The number of fused-ring (bicyclic) bond motifs is 1. The van der Waals surface area contributed by atoms with Crippen LogP contribution in [0.15, 0.2) is 54.6 Å². The molecule has 0 unspecified atom stereocenters. The molecule has 5 heteroatoms. The fraction of sp³-hybridized carbons (Fsp3) is 0.333. The summed E-state index contributed by atoms with van der Waals surface area (Å²) in [6.45, 7) is 3.77. The van der Waals surface area contributed by atoms with Gasteiger partial charge in [-0.2, -0.15) is 0 Å². The maximum atomic E-state index is 12.4. The summed E-state index contributed by atoms with van der Waals surface area (Å²) in [5.41, 5.74) is 12.0. The van der Waals surface area contributed by atoms with Gasteiger partial charge in [0, 0.05) is 19.0 Å². The smallest absolute Gasteiger partial charge is 0.246 e. The quantitative estimate of drug-likeness (QED) is 0.749. The minimum atomic E-state index is -0.709. The molecule has 0 saturated heterocycles. The van der Waals surface area contributed by atoms with Gasteiger partial charge in [0.25, 0.3) is 0 Å². The van der Waals surface area contributed by atoms with Crippen molar-refractivity contribution in [1.29, 1.82) is 0 Å². The number of hydrogen-bond donors (Lipinski definition) is 2. The molecular formula is C21H27N3O2. The van der Waals surface area contributed by atoms with Gasteiger partial charge in [-0.05, 0) is 42.7 Å². The number of hydrogen-bond acceptors (Lipinski definition) is 3. The Kier molecular flexibility index (Phi) is 6.16. The number of carbonyl (C=O) groups is 2. The van der Waals surface area contributed by atoms with Crippen LogP contribution in [0.3, 0.4) is 0 Å². The van der Waals surface area contributed by atoms with Gasteiger partial charge in [-0.15, -0.1) is 0 Å².